The number of benzene rings is 1. The minimum absolute atomic E-state index is 0.189. The van der Waals surface area contributed by atoms with Crippen LogP contribution in [0.4, 0.5) is 0 Å². The molecule has 2 rings (SSSR count). The predicted octanol–water partition coefficient (Wildman–Crippen LogP) is 2.88. The lowest BCUT2D eigenvalue weighted by Gasteiger charge is -2.15. The standard InChI is InChI=1S/C10H12ClNS/c1-6(12)7-5-13-9-4-2-3-8(11)10(7)9/h2-4,6-7H,5,12H2,1H3. The molecule has 1 heterocycles. The predicted molar refractivity (Wildman–Crippen MR) is 58.6 cm³/mol. The molecule has 0 radical (unpaired) electrons. The highest BCUT2D eigenvalue weighted by molar-refractivity contribution is 7.99. The maximum atomic E-state index is 6.14. The summed E-state index contributed by atoms with van der Waals surface area (Å²) in [5.41, 5.74) is 7.16. The highest BCUT2D eigenvalue weighted by Crippen LogP contribution is 2.44. The molecule has 2 N–H and O–H groups in total. The Morgan fingerprint density at radius 2 is 2.38 bits per heavy atom. The zero-order valence-electron chi connectivity index (χ0n) is 7.46. The molecule has 0 aromatic heterocycles. The normalized spacial score (nSPS) is 22.8. The second-order valence-electron chi connectivity index (χ2n) is 3.43. The third kappa shape index (κ3) is 1.58. The molecule has 1 aliphatic rings. The maximum absolute atomic E-state index is 6.14. The summed E-state index contributed by atoms with van der Waals surface area (Å²) in [6, 6.07) is 6.25. The Hall–Kier alpha value is -0.180. The molecule has 1 aromatic carbocycles. The molecular weight excluding hydrogens is 202 g/mol. The highest BCUT2D eigenvalue weighted by Gasteiger charge is 2.27. The molecular formula is C10H12ClNS. The van der Waals surface area contributed by atoms with E-state index in [1.165, 1.54) is 10.5 Å². The van der Waals surface area contributed by atoms with E-state index in [0.717, 1.165) is 10.8 Å². The van der Waals surface area contributed by atoms with Gasteiger partial charge in [-0.1, -0.05) is 17.7 Å². The van der Waals surface area contributed by atoms with E-state index < -0.39 is 0 Å². The quantitative estimate of drug-likeness (QED) is 0.777. The van der Waals surface area contributed by atoms with E-state index in [4.69, 9.17) is 17.3 Å². The minimum Gasteiger partial charge on any atom is -0.327 e. The molecule has 0 saturated carbocycles. The SMILES string of the molecule is CC(N)C1CSc2cccc(Cl)c21. The second-order valence-corrected chi connectivity index (χ2v) is 4.90. The van der Waals surface area contributed by atoms with E-state index >= 15 is 0 Å². The zero-order chi connectivity index (χ0) is 9.42. The summed E-state index contributed by atoms with van der Waals surface area (Å²) >= 11 is 7.99. The first-order chi connectivity index (χ1) is 6.20. The minimum atomic E-state index is 0.189. The van der Waals surface area contributed by atoms with E-state index in [0.29, 0.717) is 5.92 Å². The van der Waals surface area contributed by atoms with Crippen molar-refractivity contribution in [3.63, 3.8) is 0 Å². The number of halogens is 1. The van der Waals surface area contributed by atoms with Gasteiger partial charge in [-0.05, 0) is 24.6 Å². The van der Waals surface area contributed by atoms with Crippen LogP contribution in [0.3, 0.4) is 0 Å². The number of fused-ring (bicyclic) bond motifs is 1. The Balaban J connectivity index is 2.46. The van der Waals surface area contributed by atoms with Gasteiger partial charge >= 0.3 is 0 Å². The van der Waals surface area contributed by atoms with Crippen molar-refractivity contribution in [3.8, 4) is 0 Å². The van der Waals surface area contributed by atoms with E-state index in [1.807, 2.05) is 30.8 Å². The lowest BCUT2D eigenvalue weighted by Crippen LogP contribution is -2.24. The summed E-state index contributed by atoms with van der Waals surface area (Å²) < 4.78 is 0. The lowest BCUT2D eigenvalue weighted by atomic mass is 9.95. The van der Waals surface area contributed by atoms with Crippen LogP contribution in [0.15, 0.2) is 23.1 Å². The van der Waals surface area contributed by atoms with Gasteiger partial charge in [0.15, 0.2) is 0 Å². The van der Waals surface area contributed by atoms with Crippen LogP contribution in [0.2, 0.25) is 5.02 Å². The van der Waals surface area contributed by atoms with Gasteiger partial charge in [-0.3, -0.25) is 0 Å². The summed E-state index contributed by atoms with van der Waals surface area (Å²) in [6.45, 7) is 2.05. The summed E-state index contributed by atoms with van der Waals surface area (Å²) in [5, 5.41) is 0.866. The van der Waals surface area contributed by atoms with Crippen molar-refractivity contribution < 1.29 is 0 Å². The Labute approximate surface area is 87.7 Å². The lowest BCUT2D eigenvalue weighted by molar-refractivity contribution is 0.623. The largest absolute Gasteiger partial charge is 0.327 e. The van der Waals surface area contributed by atoms with E-state index in [2.05, 4.69) is 6.07 Å². The van der Waals surface area contributed by atoms with Crippen molar-refractivity contribution in [1.82, 2.24) is 0 Å². The first kappa shape index (κ1) is 9.38. The van der Waals surface area contributed by atoms with Gasteiger partial charge in [-0.15, -0.1) is 11.8 Å². The monoisotopic (exact) mass is 213 g/mol. The Morgan fingerprint density at radius 1 is 1.62 bits per heavy atom. The fourth-order valence-electron chi connectivity index (χ4n) is 1.68. The smallest absolute Gasteiger partial charge is 0.0452 e. The first-order valence-electron chi connectivity index (χ1n) is 4.37. The number of hydrogen-bond acceptors (Lipinski definition) is 2. The van der Waals surface area contributed by atoms with Crippen LogP contribution >= 0.6 is 23.4 Å². The number of thioether (sulfide) groups is 1. The molecule has 0 bridgehead atoms. The van der Waals surface area contributed by atoms with Crippen LogP contribution in [-0.2, 0) is 0 Å². The van der Waals surface area contributed by atoms with Gasteiger partial charge in [0.25, 0.3) is 0 Å². The molecule has 1 nitrogen and oxygen atoms in total. The van der Waals surface area contributed by atoms with E-state index in [9.17, 15) is 0 Å². The van der Waals surface area contributed by atoms with Gasteiger partial charge < -0.3 is 5.73 Å². The fourth-order valence-corrected chi connectivity index (χ4v) is 3.47. The molecule has 0 aliphatic carbocycles. The first-order valence-corrected chi connectivity index (χ1v) is 5.73. The Morgan fingerprint density at radius 3 is 3.08 bits per heavy atom. The second kappa shape index (κ2) is 3.52. The van der Waals surface area contributed by atoms with Gasteiger partial charge in [-0.25, -0.2) is 0 Å². The van der Waals surface area contributed by atoms with Crippen LogP contribution in [0, 0.1) is 0 Å². The summed E-state index contributed by atoms with van der Waals surface area (Å²) in [5.74, 6) is 1.49. The molecule has 0 amide bonds. The van der Waals surface area contributed by atoms with Gasteiger partial charge in [0.1, 0.15) is 0 Å². The van der Waals surface area contributed by atoms with Crippen molar-refractivity contribution in [2.75, 3.05) is 5.75 Å². The molecule has 1 aliphatic heterocycles. The van der Waals surface area contributed by atoms with Crippen molar-refractivity contribution in [3.05, 3.63) is 28.8 Å². The molecule has 1 aromatic rings. The number of nitrogens with two attached hydrogens (primary N) is 1. The van der Waals surface area contributed by atoms with Gasteiger partial charge in [0, 0.05) is 27.6 Å². The third-order valence-corrected chi connectivity index (χ3v) is 3.96. The van der Waals surface area contributed by atoms with Crippen molar-refractivity contribution in [2.24, 2.45) is 5.73 Å². The fraction of sp³-hybridized carbons (Fsp3) is 0.400. The Kier molecular flexibility index (Phi) is 2.54. The third-order valence-electron chi connectivity index (χ3n) is 2.44. The molecule has 2 atom stereocenters. The molecule has 0 saturated heterocycles. The average molecular weight is 214 g/mol. The number of rotatable bonds is 1. The van der Waals surface area contributed by atoms with Crippen molar-refractivity contribution in [1.29, 1.82) is 0 Å². The van der Waals surface area contributed by atoms with Crippen LogP contribution in [0.5, 0.6) is 0 Å². The topological polar surface area (TPSA) is 26.0 Å². The summed E-state index contributed by atoms with van der Waals surface area (Å²) in [6.07, 6.45) is 0. The molecule has 0 fully saturated rings. The van der Waals surface area contributed by atoms with Crippen molar-refractivity contribution >= 4 is 23.4 Å². The molecule has 0 spiro atoms. The summed E-state index contributed by atoms with van der Waals surface area (Å²) in [7, 11) is 0. The molecule has 70 valence electrons. The maximum Gasteiger partial charge on any atom is 0.0452 e. The van der Waals surface area contributed by atoms with Gasteiger partial charge in [0.05, 0.1) is 0 Å². The Bertz CT molecular complexity index is 325. The summed E-state index contributed by atoms with van der Waals surface area (Å²) in [4.78, 5) is 1.30. The van der Waals surface area contributed by atoms with Crippen LogP contribution in [0.25, 0.3) is 0 Å². The van der Waals surface area contributed by atoms with Gasteiger partial charge in [0.2, 0.25) is 0 Å². The van der Waals surface area contributed by atoms with E-state index in [1.54, 1.807) is 0 Å². The number of hydrogen-bond donors (Lipinski definition) is 1. The van der Waals surface area contributed by atoms with Crippen LogP contribution in [0.1, 0.15) is 18.4 Å². The van der Waals surface area contributed by atoms with Crippen molar-refractivity contribution in [2.45, 2.75) is 23.8 Å². The highest BCUT2D eigenvalue weighted by atomic mass is 35.5. The molecule has 13 heavy (non-hydrogen) atoms. The van der Waals surface area contributed by atoms with Crippen LogP contribution < -0.4 is 5.73 Å². The van der Waals surface area contributed by atoms with E-state index in [-0.39, 0.29) is 6.04 Å². The molecule has 2 unspecified atom stereocenters. The zero-order valence-corrected chi connectivity index (χ0v) is 9.03. The van der Waals surface area contributed by atoms with Gasteiger partial charge in [-0.2, -0.15) is 0 Å². The average Bonchev–Trinajstić information content (AvgIpc) is 2.49. The molecule has 3 heteroatoms. The van der Waals surface area contributed by atoms with Crippen LogP contribution in [-0.4, -0.2) is 11.8 Å².